The third-order valence-corrected chi connectivity index (χ3v) is 3.69. The molecule has 1 aliphatic rings. The van der Waals surface area contributed by atoms with Gasteiger partial charge >= 0.3 is 0 Å². The number of hydrogen-bond acceptors (Lipinski definition) is 2. The minimum Gasteiger partial charge on any atom is -0.228 e. The molecule has 0 amide bonds. The van der Waals surface area contributed by atoms with Crippen molar-refractivity contribution in [2.24, 2.45) is 11.1 Å². The number of rotatable bonds is 5. The van der Waals surface area contributed by atoms with Gasteiger partial charge in [0.1, 0.15) is 0 Å². The summed E-state index contributed by atoms with van der Waals surface area (Å²) in [5.41, 5.74) is 0. The van der Waals surface area contributed by atoms with Gasteiger partial charge in [-0.25, -0.2) is 13.6 Å². The normalized spacial score (nSPS) is 20.4. The maximum atomic E-state index is 11.1. The first-order chi connectivity index (χ1) is 5.55. The van der Waals surface area contributed by atoms with Crippen LogP contribution in [-0.4, -0.2) is 13.7 Å². The van der Waals surface area contributed by atoms with Crippen molar-refractivity contribution in [3.05, 3.63) is 12.7 Å². The van der Waals surface area contributed by atoms with Crippen LogP contribution in [0.15, 0.2) is 12.7 Å². The molecule has 4 heteroatoms. The molecular weight excluding hydrogens is 174 g/mol. The standard InChI is InChI=1S/C8H15NO2S/c1-2-3-4-8(7-5-6-7)12(9,10)11/h2,7-8H,1,3-6H2,(H2,9,10,11). The summed E-state index contributed by atoms with van der Waals surface area (Å²) in [4.78, 5) is 0. The van der Waals surface area contributed by atoms with E-state index in [2.05, 4.69) is 6.58 Å². The van der Waals surface area contributed by atoms with Gasteiger partial charge in [0.25, 0.3) is 0 Å². The van der Waals surface area contributed by atoms with Gasteiger partial charge in [0, 0.05) is 0 Å². The summed E-state index contributed by atoms with van der Waals surface area (Å²) in [5, 5.41) is 4.78. The molecule has 0 aromatic carbocycles. The van der Waals surface area contributed by atoms with Crippen LogP contribution in [0.5, 0.6) is 0 Å². The molecular formula is C8H15NO2S. The quantitative estimate of drug-likeness (QED) is 0.656. The van der Waals surface area contributed by atoms with Crippen LogP contribution in [0.2, 0.25) is 0 Å². The summed E-state index contributed by atoms with van der Waals surface area (Å²) in [7, 11) is -3.32. The lowest BCUT2D eigenvalue weighted by Crippen LogP contribution is -2.30. The van der Waals surface area contributed by atoms with Crippen LogP contribution in [0, 0.1) is 5.92 Å². The first-order valence-electron chi connectivity index (χ1n) is 4.18. The Balaban J connectivity index is 2.55. The van der Waals surface area contributed by atoms with E-state index in [1.54, 1.807) is 6.08 Å². The van der Waals surface area contributed by atoms with Crippen molar-refractivity contribution in [3.63, 3.8) is 0 Å². The Kier molecular flexibility index (Phi) is 2.90. The molecule has 2 N–H and O–H groups in total. The van der Waals surface area contributed by atoms with Crippen molar-refractivity contribution in [2.45, 2.75) is 30.9 Å². The van der Waals surface area contributed by atoms with E-state index in [1.807, 2.05) is 0 Å². The summed E-state index contributed by atoms with van der Waals surface area (Å²) in [5.74, 6) is 0.319. The van der Waals surface area contributed by atoms with Gasteiger partial charge in [-0.1, -0.05) is 6.08 Å². The monoisotopic (exact) mass is 189 g/mol. The largest absolute Gasteiger partial charge is 0.228 e. The fraction of sp³-hybridized carbons (Fsp3) is 0.750. The van der Waals surface area contributed by atoms with Gasteiger partial charge in [0.2, 0.25) is 10.0 Å². The number of hydrogen-bond donors (Lipinski definition) is 1. The zero-order valence-corrected chi connectivity index (χ0v) is 7.89. The van der Waals surface area contributed by atoms with Crippen molar-refractivity contribution in [3.8, 4) is 0 Å². The molecule has 0 aromatic heterocycles. The molecule has 1 fully saturated rings. The third-order valence-electron chi connectivity index (χ3n) is 2.23. The van der Waals surface area contributed by atoms with Gasteiger partial charge in [-0.3, -0.25) is 0 Å². The van der Waals surface area contributed by atoms with Gasteiger partial charge in [-0.15, -0.1) is 6.58 Å². The second-order valence-electron chi connectivity index (χ2n) is 3.33. The number of sulfonamides is 1. The second-order valence-corrected chi connectivity index (χ2v) is 5.11. The van der Waals surface area contributed by atoms with Crippen molar-refractivity contribution in [1.82, 2.24) is 0 Å². The Morgan fingerprint density at radius 2 is 2.17 bits per heavy atom. The number of nitrogens with two attached hydrogens (primary N) is 1. The molecule has 1 atom stereocenters. The van der Waals surface area contributed by atoms with Crippen molar-refractivity contribution in [2.75, 3.05) is 0 Å². The molecule has 3 nitrogen and oxygen atoms in total. The molecule has 0 saturated heterocycles. The fourth-order valence-electron chi connectivity index (χ4n) is 1.42. The van der Waals surface area contributed by atoms with E-state index in [1.165, 1.54) is 0 Å². The van der Waals surface area contributed by atoms with E-state index in [0.29, 0.717) is 12.3 Å². The smallest absolute Gasteiger partial charge is 0.212 e. The summed E-state index contributed by atoms with van der Waals surface area (Å²) in [6.45, 7) is 3.56. The van der Waals surface area contributed by atoms with Crippen LogP contribution >= 0.6 is 0 Å². The highest BCUT2D eigenvalue weighted by molar-refractivity contribution is 7.89. The molecule has 0 spiro atoms. The zero-order chi connectivity index (χ0) is 9.19. The Morgan fingerprint density at radius 3 is 2.50 bits per heavy atom. The number of primary sulfonamides is 1. The van der Waals surface area contributed by atoms with E-state index in [-0.39, 0.29) is 5.25 Å². The molecule has 70 valence electrons. The molecule has 0 heterocycles. The SMILES string of the molecule is C=CCCC(C1CC1)S(N)(=O)=O. The Bertz CT molecular complexity index is 254. The zero-order valence-electron chi connectivity index (χ0n) is 7.07. The van der Waals surface area contributed by atoms with Crippen molar-refractivity contribution < 1.29 is 8.42 Å². The Hall–Kier alpha value is -0.350. The van der Waals surface area contributed by atoms with Gasteiger partial charge in [0.05, 0.1) is 5.25 Å². The van der Waals surface area contributed by atoms with Crippen LogP contribution in [0.1, 0.15) is 25.7 Å². The van der Waals surface area contributed by atoms with E-state index < -0.39 is 10.0 Å². The summed E-state index contributed by atoms with van der Waals surface area (Å²) in [6.07, 6.45) is 5.13. The molecule has 12 heavy (non-hydrogen) atoms. The third kappa shape index (κ3) is 2.60. The van der Waals surface area contributed by atoms with Gasteiger partial charge in [-0.2, -0.15) is 0 Å². The first kappa shape index (κ1) is 9.74. The molecule has 0 radical (unpaired) electrons. The van der Waals surface area contributed by atoms with E-state index in [4.69, 9.17) is 5.14 Å². The van der Waals surface area contributed by atoms with Crippen LogP contribution < -0.4 is 5.14 Å². The molecule has 1 aliphatic carbocycles. The molecule has 1 rings (SSSR count). The fourth-order valence-corrected chi connectivity index (χ4v) is 2.69. The van der Waals surface area contributed by atoms with Crippen LogP contribution in [0.3, 0.4) is 0 Å². The maximum absolute atomic E-state index is 11.1. The molecule has 1 unspecified atom stereocenters. The highest BCUT2D eigenvalue weighted by Gasteiger charge is 2.37. The molecule has 0 bridgehead atoms. The number of allylic oxidation sites excluding steroid dienone is 1. The van der Waals surface area contributed by atoms with Gasteiger partial charge in [0.15, 0.2) is 0 Å². The predicted molar refractivity (Wildman–Crippen MR) is 49.1 cm³/mol. The predicted octanol–water partition coefficient (Wildman–Crippen LogP) is 1.02. The molecule has 0 aliphatic heterocycles. The lowest BCUT2D eigenvalue weighted by Gasteiger charge is -2.11. The lowest BCUT2D eigenvalue weighted by molar-refractivity contribution is 0.557. The van der Waals surface area contributed by atoms with Crippen LogP contribution in [0.25, 0.3) is 0 Å². The summed E-state index contributed by atoms with van der Waals surface area (Å²) in [6, 6.07) is 0. The Morgan fingerprint density at radius 1 is 1.58 bits per heavy atom. The Labute approximate surface area is 73.7 Å². The topological polar surface area (TPSA) is 60.2 Å². The highest BCUT2D eigenvalue weighted by Crippen LogP contribution is 2.37. The minimum absolute atomic E-state index is 0.319. The maximum Gasteiger partial charge on any atom is 0.212 e. The van der Waals surface area contributed by atoms with Crippen LogP contribution in [0.4, 0.5) is 0 Å². The average molecular weight is 189 g/mol. The van der Waals surface area contributed by atoms with Gasteiger partial charge < -0.3 is 0 Å². The van der Waals surface area contributed by atoms with Crippen molar-refractivity contribution in [1.29, 1.82) is 0 Å². The average Bonchev–Trinajstić information content (AvgIpc) is 2.69. The molecule has 1 saturated carbocycles. The van der Waals surface area contributed by atoms with E-state index >= 15 is 0 Å². The summed E-state index contributed by atoms with van der Waals surface area (Å²) < 4.78 is 22.1. The second kappa shape index (κ2) is 3.58. The van der Waals surface area contributed by atoms with Crippen molar-refractivity contribution >= 4 is 10.0 Å². The van der Waals surface area contributed by atoms with E-state index in [9.17, 15) is 8.42 Å². The minimum atomic E-state index is -3.32. The van der Waals surface area contributed by atoms with Gasteiger partial charge in [-0.05, 0) is 31.6 Å². The first-order valence-corrected chi connectivity index (χ1v) is 5.79. The molecule has 0 aromatic rings. The van der Waals surface area contributed by atoms with Crippen LogP contribution in [-0.2, 0) is 10.0 Å². The van der Waals surface area contributed by atoms with E-state index in [0.717, 1.165) is 19.3 Å². The summed E-state index contributed by atoms with van der Waals surface area (Å²) >= 11 is 0. The highest BCUT2D eigenvalue weighted by atomic mass is 32.2. The lowest BCUT2D eigenvalue weighted by atomic mass is 10.2.